The van der Waals surface area contributed by atoms with E-state index in [1.165, 1.54) is 63.8 Å². The summed E-state index contributed by atoms with van der Waals surface area (Å²) >= 11 is 0. The van der Waals surface area contributed by atoms with Crippen LogP contribution in [0.25, 0.3) is 0 Å². The van der Waals surface area contributed by atoms with Gasteiger partial charge in [0.25, 0.3) is 0 Å². The molecule has 1 saturated heterocycles. The van der Waals surface area contributed by atoms with Gasteiger partial charge in [-0.3, -0.25) is 62.3 Å². The van der Waals surface area contributed by atoms with Gasteiger partial charge in [-0.15, -0.1) is 0 Å². The maximum Gasteiger partial charge on any atom is 0.248 e. The number of nitrogens with one attached hydrogen (secondary N) is 7. The predicted molar refractivity (Wildman–Crippen MR) is 396 cm³/mol. The van der Waals surface area contributed by atoms with Gasteiger partial charge >= 0.3 is 0 Å². The van der Waals surface area contributed by atoms with Gasteiger partial charge in [0.05, 0.1) is 18.7 Å². The van der Waals surface area contributed by atoms with E-state index in [0.717, 1.165) is 29.1 Å². The molecule has 0 aromatic heterocycles. The number of Topliss-reactive ketones (excluding diaryl/α,β-unsaturated/α-hetero) is 1. The van der Waals surface area contributed by atoms with E-state index in [1.54, 1.807) is 144 Å². The van der Waals surface area contributed by atoms with Crippen LogP contribution in [0.5, 0.6) is 0 Å². The van der Waals surface area contributed by atoms with Crippen molar-refractivity contribution in [3.63, 3.8) is 0 Å². The first kappa shape index (κ1) is 87.3. The van der Waals surface area contributed by atoms with Crippen molar-refractivity contribution < 1.29 is 67.4 Å². The third kappa shape index (κ3) is 25.9. The average molecular weight is 1450 g/mol. The largest absolute Gasteiger partial charge is 0.391 e. The number of aliphatic hydroxyl groups is 1. The van der Waals surface area contributed by atoms with Crippen LogP contribution in [0, 0.1) is 23.7 Å². The molecule has 0 radical (unpaired) electrons. The van der Waals surface area contributed by atoms with Gasteiger partial charge in [-0.2, -0.15) is 0 Å². The number of nitrogens with zero attached hydrogens (tertiary/aromatic N) is 6. The zero-order valence-electron chi connectivity index (χ0n) is 64.3. The van der Waals surface area contributed by atoms with E-state index in [2.05, 4.69) is 37.2 Å². The highest BCUT2D eigenvalue weighted by Gasteiger charge is 2.43. The number of amides is 12. The molecule has 8 N–H and O–H groups in total. The molecule has 27 heteroatoms. The summed E-state index contributed by atoms with van der Waals surface area (Å²) in [5.74, 6) is -10.0. The van der Waals surface area contributed by atoms with E-state index in [9.17, 15) is 62.6 Å². The molecule has 574 valence electrons. The number of benzene rings is 3. The highest BCUT2D eigenvalue weighted by molar-refractivity contribution is 6.00. The number of carbonyl (C=O) groups is 13. The molecule has 0 saturated carbocycles. The highest BCUT2D eigenvalue weighted by Crippen LogP contribution is 2.22. The smallest absolute Gasteiger partial charge is 0.248 e. The molecule has 3 aromatic carbocycles. The van der Waals surface area contributed by atoms with Crippen molar-refractivity contribution in [3.8, 4) is 0 Å². The predicted octanol–water partition coefficient (Wildman–Crippen LogP) is 2.79. The molecule has 3 aromatic rings. The molecule has 0 aliphatic carbocycles. The quantitative estimate of drug-likeness (QED) is 0.0407. The average Bonchev–Trinajstić information content (AvgIpc) is 0.825. The Hall–Kier alpha value is -9.11. The molecule has 1 aliphatic heterocycles. The Morgan fingerprint density at radius 1 is 0.433 bits per heavy atom. The summed E-state index contributed by atoms with van der Waals surface area (Å²) in [5.41, 5.74) is 1.90. The van der Waals surface area contributed by atoms with E-state index < -0.39 is 162 Å². The number of carbonyl (C=O) groups excluding carboxylic acids is 13. The molecule has 0 unspecified atom stereocenters. The van der Waals surface area contributed by atoms with Gasteiger partial charge in [-0.05, 0) is 107 Å². The van der Waals surface area contributed by atoms with Gasteiger partial charge in [-0.1, -0.05) is 146 Å². The van der Waals surface area contributed by atoms with Crippen LogP contribution in [0.15, 0.2) is 91.0 Å². The first-order chi connectivity index (χ1) is 48.9. The van der Waals surface area contributed by atoms with Gasteiger partial charge in [0.15, 0.2) is 0 Å². The third-order valence-corrected chi connectivity index (χ3v) is 19.0. The Balaban J connectivity index is 1.61. The molecule has 1 fully saturated rings. The van der Waals surface area contributed by atoms with Crippen molar-refractivity contribution in [3.05, 3.63) is 108 Å². The monoisotopic (exact) mass is 1450 g/mol. The Bertz CT molecular complexity index is 3370. The molecule has 12 amide bonds. The van der Waals surface area contributed by atoms with Gasteiger partial charge in [0.1, 0.15) is 66.2 Å². The Labute approximate surface area is 614 Å². The number of piperidine rings is 1. The van der Waals surface area contributed by atoms with Gasteiger partial charge < -0.3 is 71.7 Å². The molecule has 27 nitrogen and oxygen atoms in total. The lowest BCUT2D eigenvalue weighted by Gasteiger charge is -2.37. The molecule has 4 rings (SSSR count). The maximum absolute atomic E-state index is 15.1. The minimum Gasteiger partial charge on any atom is -0.391 e. The van der Waals surface area contributed by atoms with Gasteiger partial charge in [-0.25, -0.2) is 0 Å². The van der Waals surface area contributed by atoms with E-state index in [-0.39, 0.29) is 55.8 Å². The summed E-state index contributed by atoms with van der Waals surface area (Å²) in [7, 11) is 8.53. The van der Waals surface area contributed by atoms with Crippen molar-refractivity contribution in [1.29, 1.82) is 0 Å². The fourth-order valence-corrected chi connectivity index (χ4v) is 12.7. The fraction of sp³-hybridized carbons (Fsp3) is 0.597. The molecule has 12 atom stereocenters. The van der Waals surface area contributed by atoms with Gasteiger partial charge in [0.2, 0.25) is 70.9 Å². The molecule has 0 spiro atoms. The van der Waals surface area contributed by atoms with Crippen LogP contribution >= 0.6 is 0 Å². The molecule has 1 heterocycles. The van der Waals surface area contributed by atoms with Crippen LogP contribution in [0.2, 0.25) is 0 Å². The van der Waals surface area contributed by atoms with E-state index in [0.29, 0.717) is 29.8 Å². The summed E-state index contributed by atoms with van der Waals surface area (Å²) < 4.78 is 0. The summed E-state index contributed by atoms with van der Waals surface area (Å²) in [6.07, 6.45) is 0.652. The summed E-state index contributed by atoms with van der Waals surface area (Å²) in [6.45, 7) is 20.5. The molecular weight excluding hydrogens is 1330 g/mol. The third-order valence-electron chi connectivity index (χ3n) is 19.0. The molecule has 0 bridgehead atoms. The number of likely N-dealkylation sites (tertiary alicyclic amines) is 1. The molecule has 104 heavy (non-hydrogen) atoms. The number of rotatable bonds is 39. The van der Waals surface area contributed by atoms with E-state index >= 15 is 4.79 Å². The lowest BCUT2D eigenvalue weighted by atomic mass is 9.96. The Kier molecular flexibility index (Phi) is 35.3. The van der Waals surface area contributed by atoms with Crippen LogP contribution in [0.4, 0.5) is 0 Å². The number of ketones is 1. The number of likely N-dealkylation sites (N-methyl/N-ethyl adjacent to an activating group) is 6. The fourth-order valence-electron chi connectivity index (χ4n) is 12.7. The maximum atomic E-state index is 15.1. The molecular formula is C77H117N13O14. The number of hydrogen-bond acceptors (Lipinski definition) is 15. The van der Waals surface area contributed by atoms with Crippen LogP contribution < -0.4 is 37.2 Å². The minimum absolute atomic E-state index is 0.0113. The highest BCUT2D eigenvalue weighted by atomic mass is 16.3. The van der Waals surface area contributed by atoms with Crippen molar-refractivity contribution in [2.75, 3.05) is 61.9 Å². The summed E-state index contributed by atoms with van der Waals surface area (Å²) in [5, 5.41) is 30.5. The minimum atomic E-state index is -1.65. The zero-order valence-corrected chi connectivity index (χ0v) is 64.3. The lowest BCUT2D eigenvalue weighted by Crippen LogP contribution is -2.62. The SMILES string of the molecule is CN[C@H](C)C(=O)N[C@H](C(=O)N(C)[C@@H](CC(C)C)C(=O)N[C@H](C(=O)N(C)[C@@H](Cc1ccccc1)C(=O)NCC(=O)N(C)[C@@H](CC(C)C)C(=O)N(C)[C@H](C(=O)N[C@@H](Cc1ccccc1)C(=O)N[C@@H](CC(C)=O)C(=O)N(C)[C@@H](Cc1ccccc1)C(=O)N[C@@H](C)C(=O)N1CCCCC1)C(C)C)[C@@H](C)O)C(C)C. The standard InChI is InChI=1S/C77H117N13O14/c1-46(2)39-59(87(16)76(103)64(48(5)6)83-67(94)51(10)78-13)71(98)84-65(53(12)92)77(104)88(17)60(43-55-33-25-20-26-34-55)69(96)79-45-63(93)85(14)62(40-47(3)4)75(102)89(18)66(49(7)8)72(99)81-57(42-54-31-23-19-24-32-54)68(95)82-58(41-50(9)91)74(101)86(15)61(44-56-35-27-21-28-36-56)70(97)80-52(11)73(100)90-37-29-22-30-38-90/h19-21,23-28,31-36,46-49,51-53,57-62,64-66,78,92H,22,29-30,37-45H2,1-18H3,(H,79,96)(H,80,97)(H,81,99)(H,82,95)(H,83,94)(H,84,98)/t51-,52+,53-,57+,58+,59+,60+,61+,62+,64+,65+,66+/m1/s1. The van der Waals surface area contributed by atoms with Crippen molar-refractivity contribution in [2.24, 2.45) is 23.7 Å². The summed E-state index contributed by atoms with van der Waals surface area (Å²) in [6, 6.07) is 12.9. The van der Waals surface area contributed by atoms with Gasteiger partial charge in [0, 0.05) is 74.0 Å². The Morgan fingerprint density at radius 3 is 1.35 bits per heavy atom. The van der Waals surface area contributed by atoms with Crippen molar-refractivity contribution in [2.45, 2.75) is 213 Å². The van der Waals surface area contributed by atoms with Crippen molar-refractivity contribution >= 4 is 76.7 Å². The van der Waals surface area contributed by atoms with E-state index in [4.69, 9.17) is 0 Å². The van der Waals surface area contributed by atoms with Crippen LogP contribution in [-0.4, -0.2) is 246 Å². The number of aliphatic hydroxyl groups excluding tert-OH is 1. The lowest BCUT2D eigenvalue weighted by molar-refractivity contribution is -0.150. The normalized spacial score (nSPS) is 15.7. The topological polar surface area (TPSA) is 346 Å². The second-order valence-electron chi connectivity index (χ2n) is 29.2. The summed E-state index contributed by atoms with van der Waals surface area (Å²) in [4.78, 5) is 194. The zero-order chi connectivity index (χ0) is 78.0. The van der Waals surface area contributed by atoms with E-state index in [1.807, 2.05) is 27.7 Å². The first-order valence-corrected chi connectivity index (χ1v) is 36.3. The second kappa shape index (κ2) is 42.0. The van der Waals surface area contributed by atoms with Crippen LogP contribution in [0.1, 0.15) is 138 Å². The first-order valence-electron chi connectivity index (χ1n) is 36.3. The van der Waals surface area contributed by atoms with Crippen molar-refractivity contribution in [1.82, 2.24) is 66.6 Å². The van der Waals surface area contributed by atoms with Crippen LogP contribution in [0.3, 0.4) is 0 Å². The van der Waals surface area contributed by atoms with Crippen LogP contribution in [-0.2, 0) is 81.6 Å². The Morgan fingerprint density at radius 2 is 0.875 bits per heavy atom. The second-order valence-corrected chi connectivity index (χ2v) is 29.2. The molecule has 1 aliphatic rings. The number of hydrogen-bond donors (Lipinski definition) is 8.